The van der Waals surface area contributed by atoms with E-state index >= 15 is 0 Å². The molecule has 0 saturated heterocycles. The third kappa shape index (κ3) is 6.15. The Hall–Kier alpha value is -3.47. The smallest absolute Gasteiger partial charge is 0.416 e. The van der Waals surface area contributed by atoms with Crippen LogP contribution in [-0.2, 0) is 28.3 Å². The zero-order valence-electron chi connectivity index (χ0n) is 20.2. The van der Waals surface area contributed by atoms with Crippen molar-refractivity contribution < 1.29 is 45.0 Å². The first-order valence-corrected chi connectivity index (χ1v) is 11.6. The third-order valence-electron chi connectivity index (χ3n) is 6.29. The maximum atomic E-state index is 13.6. The number of carbonyl (C=O) groups is 1. The molecule has 0 amide bonds. The summed E-state index contributed by atoms with van der Waals surface area (Å²) in [6.45, 7) is 2.62. The van der Waals surface area contributed by atoms with Crippen molar-refractivity contribution in [3.05, 3.63) is 94.1 Å². The van der Waals surface area contributed by atoms with Crippen LogP contribution < -0.4 is 4.74 Å². The standard InChI is InChI=1S/C27H22F7NO3/c1-14(18-9-19(26(29,30)31)12-20(10-18)27(32,33)34)37-23-8-5-17-11-22(38-15(2)36)13-35-25(17)24(23)16-3-6-21(28)7-4-16/h3-4,6-7,9-14,23-24H,5,8H2,1-2H3/t14-,23+,24-/m1/s1. The van der Waals surface area contributed by atoms with Crippen molar-refractivity contribution in [2.24, 2.45) is 0 Å². The van der Waals surface area contributed by atoms with Crippen LogP contribution in [0.1, 0.15) is 65.8 Å². The molecule has 1 aliphatic carbocycles. The van der Waals surface area contributed by atoms with E-state index in [1.165, 1.54) is 44.3 Å². The lowest BCUT2D eigenvalue weighted by Crippen LogP contribution is -2.31. The van der Waals surface area contributed by atoms with Crippen LogP contribution in [0.5, 0.6) is 5.75 Å². The van der Waals surface area contributed by atoms with Crippen LogP contribution in [0.15, 0.2) is 54.7 Å². The van der Waals surface area contributed by atoms with E-state index in [0.717, 1.165) is 5.56 Å². The molecular formula is C27H22F7NO3. The maximum Gasteiger partial charge on any atom is 0.416 e. The van der Waals surface area contributed by atoms with Gasteiger partial charge in [-0.2, -0.15) is 26.3 Å². The van der Waals surface area contributed by atoms with Crippen molar-refractivity contribution in [3.63, 3.8) is 0 Å². The molecule has 1 heterocycles. The molecule has 11 heteroatoms. The number of esters is 1. The minimum absolute atomic E-state index is 0.0685. The van der Waals surface area contributed by atoms with Gasteiger partial charge in [-0.3, -0.25) is 9.78 Å². The summed E-state index contributed by atoms with van der Waals surface area (Å²) < 4.78 is 105. The lowest BCUT2D eigenvalue weighted by Gasteiger charge is -2.35. The maximum absolute atomic E-state index is 13.6. The van der Waals surface area contributed by atoms with Gasteiger partial charge in [0.1, 0.15) is 11.6 Å². The Morgan fingerprint density at radius 2 is 1.58 bits per heavy atom. The molecule has 3 aromatic rings. The van der Waals surface area contributed by atoms with Crippen LogP contribution in [0.25, 0.3) is 0 Å². The van der Waals surface area contributed by atoms with Gasteiger partial charge in [-0.1, -0.05) is 12.1 Å². The van der Waals surface area contributed by atoms with Gasteiger partial charge in [-0.15, -0.1) is 0 Å². The summed E-state index contributed by atoms with van der Waals surface area (Å²) in [5.74, 6) is -1.41. The lowest BCUT2D eigenvalue weighted by molar-refractivity contribution is -0.143. The van der Waals surface area contributed by atoms with Crippen LogP contribution >= 0.6 is 0 Å². The molecule has 0 unspecified atom stereocenters. The number of ether oxygens (including phenoxy) is 2. The Morgan fingerprint density at radius 3 is 2.13 bits per heavy atom. The minimum Gasteiger partial charge on any atom is -0.425 e. The molecule has 0 radical (unpaired) electrons. The Bertz CT molecular complexity index is 1290. The van der Waals surface area contributed by atoms with Gasteiger partial charge >= 0.3 is 18.3 Å². The minimum atomic E-state index is -4.99. The summed E-state index contributed by atoms with van der Waals surface area (Å²) >= 11 is 0. The number of alkyl halides is 6. The Kier molecular flexibility index (Phi) is 7.51. The average molecular weight is 541 g/mol. The van der Waals surface area contributed by atoms with E-state index in [0.29, 0.717) is 36.2 Å². The fourth-order valence-electron chi connectivity index (χ4n) is 4.59. The molecule has 202 valence electrons. The van der Waals surface area contributed by atoms with Gasteiger partial charge < -0.3 is 9.47 Å². The van der Waals surface area contributed by atoms with Crippen LogP contribution in [-0.4, -0.2) is 17.1 Å². The van der Waals surface area contributed by atoms with E-state index in [9.17, 15) is 35.5 Å². The Morgan fingerprint density at radius 1 is 0.974 bits per heavy atom. The predicted molar refractivity (Wildman–Crippen MR) is 122 cm³/mol. The van der Waals surface area contributed by atoms with Crippen molar-refractivity contribution in [1.82, 2.24) is 4.98 Å². The first-order valence-electron chi connectivity index (χ1n) is 11.6. The summed E-state index contributed by atoms with van der Waals surface area (Å²) in [5, 5.41) is 0. The van der Waals surface area contributed by atoms with Gasteiger partial charge in [0.15, 0.2) is 0 Å². The molecule has 1 aliphatic rings. The Labute approximate surface area is 213 Å². The number of hydrogen-bond acceptors (Lipinski definition) is 4. The van der Waals surface area contributed by atoms with Crippen LogP contribution in [0.4, 0.5) is 30.7 Å². The number of nitrogens with zero attached hydrogens (tertiary/aromatic N) is 1. The number of hydrogen-bond donors (Lipinski definition) is 0. The van der Waals surface area contributed by atoms with E-state index in [1.54, 1.807) is 6.07 Å². The fraction of sp³-hybridized carbons (Fsp3) is 0.333. The van der Waals surface area contributed by atoms with Gasteiger partial charge in [0.25, 0.3) is 0 Å². The average Bonchev–Trinajstić information content (AvgIpc) is 2.83. The van der Waals surface area contributed by atoms with E-state index in [1.807, 2.05) is 0 Å². The predicted octanol–water partition coefficient (Wildman–Crippen LogP) is 7.41. The van der Waals surface area contributed by atoms with Crippen molar-refractivity contribution >= 4 is 5.97 Å². The molecule has 0 N–H and O–H groups in total. The molecule has 0 aliphatic heterocycles. The molecule has 4 nitrogen and oxygen atoms in total. The van der Waals surface area contributed by atoms with Crippen molar-refractivity contribution in [2.75, 3.05) is 0 Å². The number of halogens is 7. The molecule has 2 aromatic carbocycles. The highest BCUT2D eigenvalue weighted by Gasteiger charge is 2.39. The molecule has 38 heavy (non-hydrogen) atoms. The van der Waals surface area contributed by atoms with E-state index in [4.69, 9.17) is 9.47 Å². The highest BCUT2D eigenvalue weighted by Crippen LogP contribution is 2.42. The Balaban J connectivity index is 1.71. The largest absolute Gasteiger partial charge is 0.425 e. The molecule has 0 saturated carbocycles. The van der Waals surface area contributed by atoms with E-state index in [2.05, 4.69) is 4.98 Å². The molecule has 0 spiro atoms. The zero-order valence-corrected chi connectivity index (χ0v) is 20.2. The van der Waals surface area contributed by atoms with Crippen LogP contribution in [0, 0.1) is 5.82 Å². The number of carbonyl (C=O) groups excluding carboxylic acids is 1. The summed E-state index contributed by atoms with van der Waals surface area (Å²) in [6, 6.07) is 8.51. The summed E-state index contributed by atoms with van der Waals surface area (Å²) in [5.41, 5.74) is -1.30. The second kappa shape index (κ2) is 10.4. The number of aromatic nitrogens is 1. The molecule has 0 fully saturated rings. The molecule has 1 aromatic heterocycles. The topological polar surface area (TPSA) is 48.4 Å². The van der Waals surface area contributed by atoms with Gasteiger partial charge in [0.05, 0.1) is 41.1 Å². The third-order valence-corrected chi connectivity index (χ3v) is 6.29. The molecule has 3 atom stereocenters. The second-order valence-electron chi connectivity index (χ2n) is 9.03. The van der Waals surface area contributed by atoms with Gasteiger partial charge in [-0.05, 0) is 72.9 Å². The zero-order chi connectivity index (χ0) is 27.8. The molecule has 4 rings (SSSR count). The fourth-order valence-corrected chi connectivity index (χ4v) is 4.59. The number of fused-ring (bicyclic) bond motifs is 1. The van der Waals surface area contributed by atoms with E-state index < -0.39 is 53.4 Å². The molecule has 0 bridgehead atoms. The normalized spacial score (nSPS) is 18.6. The van der Waals surface area contributed by atoms with Gasteiger partial charge in [0, 0.05) is 6.92 Å². The van der Waals surface area contributed by atoms with Crippen LogP contribution in [0.2, 0.25) is 0 Å². The van der Waals surface area contributed by atoms with Crippen molar-refractivity contribution in [2.45, 2.75) is 57.2 Å². The monoisotopic (exact) mass is 541 g/mol. The molecular weight excluding hydrogens is 519 g/mol. The summed E-state index contributed by atoms with van der Waals surface area (Å²) in [7, 11) is 0. The second-order valence-corrected chi connectivity index (χ2v) is 9.03. The van der Waals surface area contributed by atoms with Gasteiger partial charge in [0.2, 0.25) is 0 Å². The highest BCUT2D eigenvalue weighted by molar-refractivity contribution is 5.69. The van der Waals surface area contributed by atoms with E-state index in [-0.39, 0.29) is 17.4 Å². The van der Waals surface area contributed by atoms with Crippen molar-refractivity contribution in [3.8, 4) is 5.75 Å². The summed E-state index contributed by atoms with van der Waals surface area (Å²) in [4.78, 5) is 15.8. The SMILES string of the molecule is CC(=O)Oc1cnc2c(c1)CC[C@H](O[C@H](C)c1cc(C(F)(F)F)cc(C(F)(F)F)c1)[C@H]2c1ccc(F)cc1. The number of rotatable bonds is 5. The highest BCUT2D eigenvalue weighted by atomic mass is 19.4. The van der Waals surface area contributed by atoms with Gasteiger partial charge in [-0.25, -0.2) is 4.39 Å². The quantitative estimate of drug-likeness (QED) is 0.249. The lowest BCUT2D eigenvalue weighted by atomic mass is 9.79. The number of benzene rings is 2. The first-order chi connectivity index (χ1) is 17.7. The number of pyridine rings is 1. The summed E-state index contributed by atoms with van der Waals surface area (Å²) in [6.07, 6.45) is -9.77. The first kappa shape index (κ1) is 27.6. The van der Waals surface area contributed by atoms with Crippen LogP contribution in [0.3, 0.4) is 0 Å². The van der Waals surface area contributed by atoms with Crippen molar-refractivity contribution in [1.29, 1.82) is 0 Å². The number of aryl methyl sites for hydroxylation is 1.